The Bertz CT molecular complexity index is 480. The zero-order chi connectivity index (χ0) is 16.0. The second kappa shape index (κ2) is 9.00. The van der Waals surface area contributed by atoms with Crippen molar-refractivity contribution in [2.45, 2.75) is 32.4 Å². The van der Waals surface area contributed by atoms with Gasteiger partial charge in [-0.2, -0.15) is 13.2 Å². The van der Waals surface area contributed by atoms with Crippen LogP contribution in [0.3, 0.4) is 0 Å². The van der Waals surface area contributed by atoms with Gasteiger partial charge in [-0.05, 0) is 30.5 Å². The molecule has 3 N–H and O–H groups in total. The van der Waals surface area contributed by atoms with Crippen molar-refractivity contribution in [2.75, 3.05) is 13.1 Å². The minimum absolute atomic E-state index is 0. The normalized spacial score (nSPS) is 13.9. The van der Waals surface area contributed by atoms with Crippen molar-refractivity contribution in [1.82, 2.24) is 5.32 Å². The summed E-state index contributed by atoms with van der Waals surface area (Å²) in [5, 5.41) is 2.74. The van der Waals surface area contributed by atoms with Gasteiger partial charge in [-0.25, -0.2) is 0 Å². The molecule has 1 aromatic rings. The number of carbonyl (C=O) groups is 1. The van der Waals surface area contributed by atoms with Gasteiger partial charge in [0.1, 0.15) is 0 Å². The molecule has 3 nitrogen and oxygen atoms in total. The summed E-state index contributed by atoms with van der Waals surface area (Å²) in [6, 6.07) is 4.93. The van der Waals surface area contributed by atoms with Gasteiger partial charge in [0, 0.05) is 6.54 Å². The van der Waals surface area contributed by atoms with E-state index in [-0.39, 0.29) is 24.2 Å². The molecule has 0 radical (unpaired) electrons. The second-order valence-corrected chi connectivity index (χ2v) is 5.17. The van der Waals surface area contributed by atoms with Crippen LogP contribution in [0.15, 0.2) is 24.3 Å². The van der Waals surface area contributed by atoms with E-state index < -0.39 is 17.7 Å². The third kappa shape index (κ3) is 5.85. The first-order valence-corrected chi connectivity index (χ1v) is 6.94. The van der Waals surface area contributed by atoms with Crippen LogP contribution in [0.1, 0.15) is 37.3 Å². The van der Waals surface area contributed by atoms with E-state index in [1.807, 2.05) is 6.92 Å². The zero-order valence-electron chi connectivity index (χ0n) is 12.6. The molecule has 0 saturated heterocycles. The second-order valence-electron chi connectivity index (χ2n) is 5.17. The maximum atomic E-state index is 12.7. The van der Waals surface area contributed by atoms with Crippen molar-refractivity contribution in [3.63, 3.8) is 0 Å². The molecule has 0 aliphatic heterocycles. The Hall–Kier alpha value is -1.27. The predicted octanol–water partition coefficient (Wildman–Crippen LogP) is 3.33. The van der Waals surface area contributed by atoms with Crippen LogP contribution in [-0.4, -0.2) is 19.0 Å². The molecule has 1 aromatic carbocycles. The number of rotatable bonds is 6. The van der Waals surface area contributed by atoms with Gasteiger partial charge in [0.2, 0.25) is 5.91 Å². The Labute approximate surface area is 134 Å². The van der Waals surface area contributed by atoms with Crippen LogP contribution in [0.5, 0.6) is 0 Å². The highest BCUT2D eigenvalue weighted by atomic mass is 35.5. The van der Waals surface area contributed by atoms with Crippen LogP contribution in [0.4, 0.5) is 13.2 Å². The summed E-state index contributed by atoms with van der Waals surface area (Å²) in [4.78, 5) is 12.1. The lowest BCUT2D eigenvalue weighted by Crippen LogP contribution is -2.34. The van der Waals surface area contributed by atoms with Crippen molar-refractivity contribution < 1.29 is 18.0 Å². The number of hydrogen-bond donors (Lipinski definition) is 2. The van der Waals surface area contributed by atoms with Gasteiger partial charge in [0.05, 0.1) is 11.5 Å². The summed E-state index contributed by atoms with van der Waals surface area (Å²) < 4.78 is 38.2. The van der Waals surface area contributed by atoms with Gasteiger partial charge in [-0.15, -0.1) is 12.4 Å². The van der Waals surface area contributed by atoms with Crippen molar-refractivity contribution >= 4 is 18.3 Å². The lowest BCUT2D eigenvalue weighted by Gasteiger charge is -2.18. The van der Waals surface area contributed by atoms with E-state index in [1.54, 1.807) is 13.0 Å². The molecule has 0 aliphatic rings. The number of alkyl halides is 3. The number of carbonyl (C=O) groups excluding carboxylic acids is 1. The van der Waals surface area contributed by atoms with Crippen LogP contribution >= 0.6 is 12.4 Å². The number of nitrogens with one attached hydrogen (secondary N) is 1. The fourth-order valence-electron chi connectivity index (χ4n) is 1.99. The lowest BCUT2D eigenvalue weighted by molar-refractivity contribution is -0.137. The number of amides is 1. The standard InChI is InChI=1S/C15H21F3N2O.ClH/c1-3-13(14(21)20-9-10(2)8-19)11-5-4-6-12(7-11)15(16,17)18;/h4-7,10,13H,3,8-9,19H2,1-2H3,(H,20,21);1H. The van der Waals surface area contributed by atoms with E-state index in [0.717, 1.165) is 12.1 Å². The van der Waals surface area contributed by atoms with Gasteiger partial charge >= 0.3 is 6.18 Å². The monoisotopic (exact) mass is 338 g/mol. The van der Waals surface area contributed by atoms with Crippen molar-refractivity contribution in [3.8, 4) is 0 Å². The van der Waals surface area contributed by atoms with E-state index in [1.165, 1.54) is 6.07 Å². The summed E-state index contributed by atoms with van der Waals surface area (Å²) in [6.45, 7) is 4.54. The molecule has 1 rings (SSSR count). The molecular weight excluding hydrogens is 317 g/mol. The molecule has 126 valence electrons. The highest BCUT2D eigenvalue weighted by Crippen LogP contribution is 2.31. The van der Waals surface area contributed by atoms with E-state index in [9.17, 15) is 18.0 Å². The van der Waals surface area contributed by atoms with Crippen LogP contribution in [-0.2, 0) is 11.0 Å². The first-order valence-electron chi connectivity index (χ1n) is 6.94. The van der Waals surface area contributed by atoms with Gasteiger partial charge < -0.3 is 11.1 Å². The number of halogens is 4. The molecule has 2 atom stereocenters. The lowest BCUT2D eigenvalue weighted by atomic mass is 9.93. The average Bonchev–Trinajstić information content (AvgIpc) is 2.45. The minimum Gasteiger partial charge on any atom is -0.355 e. The fraction of sp³-hybridized carbons (Fsp3) is 0.533. The topological polar surface area (TPSA) is 55.1 Å². The molecule has 0 spiro atoms. The molecule has 1 amide bonds. The number of benzene rings is 1. The molecule has 0 heterocycles. The Morgan fingerprint density at radius 1 is 1.36 bits per heavy atom. The molecule has 0 fully saturated rings. The zero-order valence-corrected chi connectivity index (χ0v) is 13.4. The van der Waals surface area contributed by atoms with Crippen molar-refractivity contribution in [1.29, 1.82) is 0 Å². The predicted molar refractivity (Wildman–Crippen MR) is 83.0 cm³/mol. The molecule has 22 heavy (non-hydrogen) atoms. The maximum Gasteiger partial charge on any atom is 0.416 e. The highest BCUT2D eigenvalue weighted by Gasteiger charge is 2.31. The van der Waals surface area contributed by atoms with Crippen molar-refractivity contribution in [2.24, 2.45) is 11.7 Å². The van der Waals surface area contributed by atoms with E-state index in [4.69, 9.17) is 5.73 Å². The van der Waals surface area contributed by atoms with Gasteiger partial charge in [-0.3, -0.25) is 4.79 Å². The molecule has 0 aromatic heterocycles. The van der Waals surface area contributed by atoms with E-state index >= 15 is 0 Å². The van der Waals surface area contributed by atoms with Crippen LogP contribution in [0.2, 0.25) is 0 Å². The molecular formula is C15H22ClF3N2O. The largest absolute Gasteiger partial charge is 0.416 e. The highest BCUT2D eigenvalue weighted by molar-refractivity contribution is 5.85. The Morgan fingerprint density at radius 2 is 2.00 bits per heavy atom. The summed E-state index contributed by atoms with van der Waals surface area (Å²) >= 11 is 0. The van der Waals surface area contributed by atoms with E-state index in [2.05, 4.69) is 5.32 Å². The minimum atomic E-state index is -4.40. The third-order valence-electron chi connectivity index (χ3n) is 3.37. The van der Waals surface area contributed by atoms with Gasteiger partial charge in [0.15, 0.2) is 0 Å². The molecule has 0 bridgehead atoms. The molecule has 2 unspecified atom stereocenters. The van der Waals surface area contributed by atoms with Gasteiger partial charge in [0.25, 0.3) is 0 Å². The quantitative estimate of drug-likeness (QED) is 0.836. The molecule has 0 aliphatic carbocycles. The summed E-state index contributed by atoms with van der Waals surface area (Å²) in [6.07, 6.45) is -3.97. The van der Waals surface area contributed by atoms with Crippen LogP contribution < -0.4 is 11.1 Å². The summed E-state index contributed by atoms with van der Waals surface area (Å²) in [7, 11) is 0. The van der Waals surface area contributed by atoms with E-state index in [0.29, 0.717) is 25.1 Å². The van der Waals surface area contributed by atoms with Gasteiger partial charge in [-0.1, -0.05) is 32.0 Å². The summed E-state index contributed by atoms with van der Waals surface area (Å²) in [5.41, 5.74) is 5.11. The first kappa shape index (κ1) is 20.7. The number of hydrogen-bond acceptors (Lipinski definition) is 2. The first-order chi connectivity index (χ1) is 9.79. The SMILES string of the molecule is CCC(C(=O)NCC(C)CN)c1cccc(C(F)(F)F)c1.Cl. The molecule has 0 saturated carbocycles. The smallest absolute Gasteiger partial charge is 0.355 e. The Morgan fingerprint density at radius 3 is 2.50 bits per heavy atom. The third-order valence-corrected chi connectivity index (χ3v) is 3.37. The summed E-state index contributed by atoms with van der Waals surface area (Å²) in [5.74, 6) is -0.720. The number of nitrogens with two attached hydrogens (primary N) is 1. The average molecular weight is 339 g/mol. The fourth-order valence-corrected chi connectivity index (χ4v) is 1.99. The van der Waals surface area contributed by atoms with Crippen LogP contribution in [0, 0.1) is 5.92 Å². The van der Waals surface area contributed by atoms with Crippen molar-refractivity contribution in [3.05, 3.63) is 35.4 Å². The van der Waals surface area contributed by atoms with Crippen LogP contribution in [0.25, 0.3) is 0 Å². The Balaban J connectivity index is 0.00000441. The molecule has 7 heteroatoms. The Kier molecular flexibility index (Phi) is 8.48. The maximum absolute atomic E-state index is 12.7.